The molecule has 0 spiro atoms. The van der Waals surface area contributed by atoms with E-state index in [0.29, 0.717) is 10.2 Å². The van der Waals surface area contributed by atoms with Crippen molar-refractivity contribution in [3.05, 3.63) is 65.1 Å². The second-order valence-corrected chi connectivity index (χ2v) is 12.0. The Kier molecular flexibility index (Phi) is 6.92. The number of halogens is 4. The van der Waals surface area contributed by atoms with Gasteiger partial charge in [-0.3, -0.25) is 9.59 Å². The molecule has 15 heteroatoms. The molecule has 1 aliphatic carbocycles. The van der Waals surface area contributed by atoms with Crippen molar-refractivity contribution in [2.24, 2.45) is 5.73 Å². The zero-order chi connectivity index (χ0) is 31.6. The lowest BCUT2D eigenvalue weighted by Crippen LogP contribution is -2.51. The molecular formula is C29H25F4N5O5S. The Morgan fingerprint density at radius 1 is 1.18 bits per heavy atom. The molecule has 2 amide bonds. The fraction of sp³-hybridized carbons (Fsp3) is 0.310. The van der Waals surface area contributed by atoms with Gasteiger partial charge in [0, 0.05) is 16.7 Å². The van der Waals surface area contributed by atoms with Crippen LogP contribution in [0.4, 0.5) is 22.7 Å². The van der Waals surface area contributed by atoms with E-state index >= 15 is 0 Å². The monoisotopic (exact) mass is 631 g/mol. The van der Waals surface area contributed by atoms with Gasteiger partial charge in [-0.15, -0.1) is 0 Å². The largest absolute Gasteiger partial charge is 0.489 e. The van der Waals surface area contributed by atoms with E-state index in [1.807, 2.05) is 0 Å². The quantitative estimate of drug-likeness (QED) is 0.213. The fourth-order valence-corrected chi connectivity index (χ4v) is 5.64. The Morgan fingerprint density at radius 2 is 1.89 bits per heavy atom. The number of rotatable bonds is 8. The van der Waals surface area contributed by atoms with Gasteiger partial charge in [-0.05, 0) is 62.2 Å². The average molecular weight is 632 g/mol. The van der Waals surface area contributed by atoms with Gasteiger partial charge in [0.2, 0.25) is 11.5 Å². The number of nitrogens with zero attached hydrogens (tertiary/aromatic N) is 2. The van der Waals surface area contributed by atoms with Crippen LogP contribution in [0.3, 0.4) is 0 Å². The highest BCUT2D eigenvalue weighted by molar-refractivity contribution is 7.22. The number of amides is 2. The number of alkyl halides is 3. The molecule has 0 saturated heterocycles. The molecule has 230 valence electrons. The van der Waals surface area contributed by atoms with Crippen LogP contribution in [0.2, 0.25) is 0 Å². The second-order valence-electron chi connectivity index (χ2n) is 11.0. The number of primary amides is 1. The molecule has 3 heterocycles. The van der Waals surface area contributed by atoms with Crippen LogP contribution < -0.4 is 26.3 Å². The first kappa shape index (κ1) is 29.6. The normalized spacial score (nSPS) is 19.2. The minimum absolute atomic E-state index is 0.0319. The molecule has 44 heavy (non-hydrogen) atoms. The number of nitrogens with one attached hydrogen (secondary N) is 1. The van der Waals surface area contributed by atoms with Gasteiger partial charge in [0.25, 0.3) is 5.91 Å². The summed E-state index contributed by atoms with van der Waals surface area (Å²) in [5.74, 6) is -2.19. The lowest BCUT2D eigenvalue weighted by atomic mass is 9.81. The summed E-state index contributed by atoms with van der Waals surface area (Å²) < 4.78 is 69.8. The molecule has 1 saturated carbocycles. The lowest BCUT2D eigenvalue weighted by Gasteiger charge is -2.31. The zero-order valence-electron chi connectivity index (χ0n) is 23.0. The minimum atomic E-state index is -5.36. The molecule has 0 radical (unpaired) electrons. The molecule has 0 unspecified atom stereocenters. The van der Waals surface area contributed by atoms with Crippen LogP contribution in [0.15, 0.2) is 42.5 Å². The third-order valence-electron chi connectivity index (χ3n) is 7.69. The van der Waals surface area contributed by atoms with Gasteiger partial charge in [0.1, 0.15) is 40.5 Å². The van der Waals surface area contributed by atoms with E-state index in [0.717, 1.165) is 42.4 Å². The van der Waals surface area contributed by atoms with Gasteiger partial charge >= 0.3 is 6.18 Å². The summed E-state index contributed by atoms with van der Waals surface area (Å²) in [6.07, 6.45) is -3.81. The Balaban J connectivity index is 1.40. The predicted molar refractivity (Wildman–Crippen MR) is 152 cm³/mol. The van der Waals surface area contributed by atoms with E-state index < -0.39 is 47.1 Å². The van der Waals surface area contributed by atoms with Crippen LogP contribution in [0.25, 0.3) is 21.5 Å². The molecule has 2 aliphatic rings. The van der Waals surface area contributed by atoms with Crippen molar-refractivity contribution in [3.8, 4) is 22.8 Å². The van der Waals surface area contributed by atoms with Crippen molar-refractivity contribution in [1.29, 1.82) is 0 Å². The molecule has 2 aromatic heterocycles. The number of carbonyl (C=O) groups excluding carboxylic acids is 2. The van der Waals surface area contributed by atoms with E-state index in [1.54, 1.807) is 0 Å². The summed E-state index contributed by atoms with van der Waals surface area (Å²) in [6.45, 7) is -0.259. The highest BCUT2D eigenvalue weighted by Crippen LogP contribution is 2.48. The summed E-state index contributed by atoms with van der Waals surface area (Å²) in [5, 5.41) is 13.6. The number of anilines is 1. The Morgan fingerprint density at radius 3 is 2.52 bits per heavy atom. The summed E-state index contributed by atoms with van der Waals surface area (Å²) in [6, 6.07) is 8.35. The predicted octanol–water partition coefficient (Wildman–Crippen LogP) is 3.94. The fourth-order valence-electron chi connectivity index (χ4n) is 4.85. The number of fused-ring (bicyclic) bond motifs is 2. The van der Waals surface area contributed by atoms with Crippen LogP contribution in [0.1, 0.15) is 41.4 Å². The molecule has 1 fully saturated rings. The van der Waals surface area contributed by atoms with E-state index in [-0.39, 0.29) is 51.7 Å². The second kappa shape index (κ2) is 10.3. The summed E-state index contributed by atoms with van der Waals surface area (Å²) in [4.78, 5) is 33.9. The number of thiazole rings is 1. The van der Waals surface area contributed by atoms with E-state index in [4.69, 9.17) is 20.9 Å². The Bertz CT molecular complexity index is 1810. The number of ether oxygens (including phenoxy) is 2. The number of hydrogen-bond donors (Lipinski definition) is 4. The molecule has 0 bridgehead atoms. The first-order chi connectivity index (χ1) is 20.7. The number of aromatic nitrogens is 2. The topological polar surface area (TPSA) is 163 Å². The number of hydrogen-bond acceptors (Lipinski definition) is 9. The van der Waals surface area contributed by atoms with Crippen molar-refractivity contribution < 1.29 is 41.7 Å². The van der Waals surface area contributed by atoms with Crippen LogP contribution in [0.5, 0.6) is 11.5 Å². The van der Waals surface area contributed by atoms with E-state index in [1.165, 1.54) is 31.2 Å². The average Bonchev–Trinajstić information content (AvgIpc) is 3.60. The molecule has 10 nitrogen and oxygen atoms in total. The van der Waals surface area contributed by atoms with Crippen molar-refractivity contribution in [2.75, 3.05) is 18.9 Å². The van der Waals surface area contributed by atoms with Gasteiger partial charge < -0.3 is 31.4 Å². The maximum absolute atomic E-state index is 14.7. The molecular weight excluding hydrogens is 606 g/mol. The SMILES string of the molecule is C[C@]1(C(N)=O)COc2c1cc([C@@](O)(CNC(=O)c1cc(OC3CC3)c3nc(N)sc3c1)C(F)(F)F)nc2-c1ccc(F)cc1. The number of benzene rings is 2. The summed E-state index contributed by atoms with van der Waals surface area (Å²) >= 11 is 1.08. The van der Waals surface area contributed by atoms with Crippen molar-refractivity contribution >= 4 is 38.5 Å². The molecule has 1 aliphatic heterocycles. The van der Waals surface area contributed by atoms with Gasteiger partial charge in [-0.1, -0.05) is 11.3 Å². The number of carbonyl (C=O) groups is 2. The Hall–Kier alpha value is -4.50. The number of nitrogens with two attached hydrogens (primary N) is 2. The zero-order valence-corrected chi connectivity index (χ0v) is 23.8. The third kappa shape index (κ3) is 5.05. The van der Waals surface area contributed by atoms with Crippen LogP contribution in [-0.4, -0.2) is 52.3 Å². The highest BCUT2D eigenvalue weighted by atomic mass is 32.1. The van der Waals surface area contributed by atoms with Crippen molar-refractivity contribution in [2.45, 2.75) is 43.1 Å². The van der Waals surface area contributed by atoms with Crippen molar-refractivity contribution in [3.63, 3.8) is 0 Å². The standard InChI is InChI=1S/C29H25F4N5O5S/c1-27(25(34)40)12-42-23-17(27)10-20(37-21(23)13-2-4-15(30)5-3-13)28(41,29(31,32)33)11-36-24(39)14-8-18(43-16-6-7-16)22-19(9-14)44-26(35)38-22/h2-5,8-10,16,41H,6-7,11-12H2,1H3,(H2,34,40)(H2,35,38)(H,36,39)/t27-,28-/m0/s1. The maximum Gasteiger partial charge on any atom is 0.424 e. The van der Waals surface area contributed by atoms with Crippen LogP contribution in [-0.2, 0) is 15.8 Å². The van der Waals surface area contributed by atoms with Crippen molar-refractivity contribution in [1.82, 2.24) is 15.3 Å². The van der Waals surface area contributed by atoms with Gasteiger partial charge in [-0.25, -0.2) is 14.4 Å². The lowest BCUT2D eigenvalue weighted by molar-refractivity contribution is -0.265. The van der Waals surface area contributed by atoms with Gasteiger partial charge in [0.15, 0.2) is 5.13 Å². The molecule has 6 rings (SSSR count). The Labute approximate surface area is 251 Å². The van der Waals surface area contributed by atoms with E-state index in [2.05, 4.69) is 15.3 Å². The van der Waals surface area contributed by atoms with Gasteiger partial charge in [-0.2, -0.15) is 13.2 Å². The first-order valence-corrected chi connectivity index (χ1v) is 14.2. The number of nitrogen functional groups attached to an aromatic ring is 1. The smallest absolute Gasteiger partial charge is 0.424 e. The maximum atomic E-state index is 14.7. The van der Waals surface area contributed by atoms with Crippen LogP contribution >= 0.6 is 11.3 Å². The minimum Gasteiger partial charge on any atom is -0.489 e. The summed E-state index contributed by atoms with van der Waals surface area (Å²) in [5.41, 5.74) is 5.53. The highest BCUT2D eigenvalue weighted by Gasteiger charge is 2.57. The number of aliphatic hydroxyl groups is 1. The summed E-state index contributed by atoms with van der Waals surface area (Å²) in [7, 11) is 0. The molecule has 6 N–H and O–H groups in total. The third-order valence-corrected chi connectivity index (χ3v) is 8.52. The molecule has 4 aromatic rings. The first-order valence-electron chi connectivity index (χ1n) is 13.4. The number of pyridine rings is 1. The molecule has 2 atom stereocenters. The van der Waals surface area contributed by atoms with E-state index in [9.17, 15) is 32.3 Å². The van der Waals surface area contributed by atoms with Crippen LogP contribution in [0, 0.1) is 5.82 Å². The molecule has 2 aromatic carbocycles. The van der Waals surface area contributed by atoms with Gasteiger partial charge in [0.05, 0.1) is 23.0 Å².